The van der Waals surface area contributed by atoms with Gasteiger partial charge in [-0.05, 0) is 67.4 Å². The van der Waals surface area contributed by atoms with Crippen LogP contribution in [-0.4, -0.2) is 50.0 Å². The fraction of sp³-hybridized carbons (Fsp3) is 0.333. The van der Waals surface area contributed by atoms with Gasteiger partial charge < -0.3 is 24.6 Å². The molecule has 39 heavy (non-hydrogen) atoms. The van der Waals surface area contributed by atoms with E-state index in [1.165, 1.54) is 12.1 Å². The summed E-state index contributed by atoms with van der Waals surface area (Å²) in [4.78, 5) is 29.8. The molecule has 0 spiro atoms. The maximum absolute atomic E-state index is 13.3. The molecule has 0 saturated heterocycles. The normalized spacial score (nSPS) is 14.7. The van der Waals surface area contributed by atoms with E-state index in [-0.39, 0.29) is 30.6 Å². The minimum Gasteiger partial charge on any atom is -0.490 e. The second kappa shape index (κ2) is 13.8. The molecule has 0 bridgehead atoms. The average Bonchev–Trinajstić information content (AvgIpc) is 2.92. The van der Waals surface area contributed by atoms with Gasteiger partial charge in [-0.3, -0.25) is 9.59 Å². The van der Waals surface area contributed by atoms with E-state index in [0.717, 1.165) is 31.4 Å². The number of halogens is 2. The summed E-state index contributed by atoms with van der Waals surface area (Å²) in [6.45, 7) is 1.36. The van der Waals surface area contributed by atoms with Crippen molar-refractivity contribution in [2.75, 3.05) is 43.5 Å². The van der Waals surface area contributed by atoms with Crippen LogP contribution in [0.3, 0.4) is 0 Å². The smallest absolute Gasteiger partial charge is 0.244 e. The lowest BCUT2D eigenvalue weighted by Crippen LogP contribution is -2.40. The van der Waals surface area contributed by atoms with Crippen LogP contribution in [-0.2, 0) is 9.59 Å². The number of fused-ring (bicyclic) bond motifs is 2. The van der Waals surface area contributed by atoms with Crippen LogP contribution < -0.4 is 19.7 Å². The summed E-state index contributed by atoms with van der Waals surface area (Å²) in [7, 11) is 1.85. The van der Waals surface area contributed by atoms with Crippen LogP contribution in [0.2, 0.25) is 5.02 Å². The lowest BCUT2D eigenvalue weighted by molar-refractivity contribution is -0.134. The minimum absolute atomic E-state index is 0.0925. The molecule has 7 nitrogen and oxygen atoms in total. The molecule has 3 aromatic carbocycles. The lowest BCUT2D eigenvalue weighted by Gasteiger charge is -2.25. The van der Waals surface area contributed by atoms with Gasteiger partial charge in [0.2, 0.25) is 11.8 Å². The van der Waals surface area contributed by atoms with Gasteiger partial charge in [-0.15, -0.1) is 0 Å². The molecule has 206 valence electrons. The molecule has 9 heteroatoms. The Kier molecular flexibility index (Phi) is 10.0. The van der Waals surface area contributed by atoms with Crippen molar-refractivity contribution < 1.29 is 23.5 Å². The van der Waals surface area contributed by atoms with Crippen molar-refractivity contribution in [1.82, 2.24) is 4.90 Å². The Labute approximate surface area is 233 Å². The number of anilines is 2. The van der Waals surface area contributed by atoms with E-state index in [1.54, 1.807) is 35.2 Å². The fourth-order valence-corrected chi connectivity index (χ4v) is 4.47. The predicted molar refractivity (Wildman–Crippen MR) is 151 cm³/mol. The van der Waals surface area contributed by atoms with Crippen molar-refractivity contribution in [3.05, 3.63) is 77.6 Å². The summed E-state index contributed by atoms with van der Waals surface area (Å²) < 4.78 is 25.4. The second-order valence-electron chi connectivity index (χ2n) is 9.46. The Morgan fingerprint density at radius 3 is 2.54 bits per heavy atom. The van der Waals surface area contributed by atoms with Crippen molar-refractivity contribution >= 4 is 34.8 Å². The summed E-state index contributed by atoms with van der Waals surface area (Å²) in [5.74, 6) is 0.785. The Morgan fingerprint density at radius 2 is 1.74 bits per heavy atom. The van der Waals surface area contributed by atoms with Gasteiger partial charge in [-0.25, -0.2) is 4.39 Å². The number of carbonyl (C=O) groups excluding carboxylic acids is 2. The van der Waals surface area contributed by atoms with Crippen molar-refractivity contribution in [2.24, 2.45) is 0 Å². The molecule has 0 unspecified atom stereocenters. The van der Waals surface area contributed by atoms with Gasteiger partial charge in [0.25, 0.3) is 0 Å². The maximum atomic E-state index is 13.3. The second-order valence-corrected chi connectivity index (χ2v) is 9.90. The molecule has 1 aliphatic rings. The Morgan fingerprint density at radius 1 is 1.00 bits per heavy atom. The zero-order valence-electron chi connectivity index (χ0n) is 22.0. The number of para-hydroxylation sites is 2. The van der Waals surface area contributed by atoms with Crippen LogP contribution in [0.25, 0.3) is 0 Å². The van der Waals surface area contributed by atoms with Crippen molar-refractivity contribution in [1.29, 1.82) is 0 Å². The van der Waals surface area contributed by atoms with Crippen LogP contribution in [0.15, 0.2) is 66.7 Å². The number of hydrogen-bond acceptors (Lipinski definition) is 5. The molecule has 0 fully saturated rings. The number of rotatable bonds is 4. The van der Waals surface area contributed by atoms with Gasteiger partial charge in [0.1, 0.15) is 5.82 Å². The fourth-order valence-electron chi connectivity index (χ4n) is 4.30. The minimum atomic E-state index is -0.348. The van der Waals surface area contributed by atoms with Gasteiger partial charge >= 0.3 is 0 Å². The summed E-state index contributed by atoms with van der Waals surface area (Å²) in [6, 6.07) is 18.5. The Bertz CT molecular complexity index is 1270. The van der Waals surface area contributed by atoms with Crippen LogP contribution in [0.1, 0.15) is 32.1 Å². The average molecular weight is 554 g/mol. The molecule has 1 N–H and O–H groups in total. The van der Waals surface area contributed by atoms with Crippen LogP contribution >= 0.6 is 11.6 Å². The van der Waals surface area contributed by atoms with Crippen LogP contribution in [0.5, 0.6) is 17.2 Å². The van der Waals surface area contributed by atoms with E-state index in [4.69, 9.17) is 21.1 Å². The van der Waals surface area contributed by atoms with Crippen molar-refractivity contribution in [2.45, 2.75) is 32.1 Å². The van der Waals surface area contributed by atoms with E-state index in [9.17, 15) is 14.0 Å². The van der Waals surface area contributed by atoms with Gasteiger partial charge in [-0.2, -0.15) is 0 Å². The molecule has 0 atom stereocenters. The molecule has 0 aromatic heterocycles. The maximum Gasteiger partial charge on any atom is 0.244 e. The summed E-state index contributed by atoms with van der Waals surface area (Å²) in [6.07, 6.45) is 3.69. The lowest BCUT2D eigenvalue weighted by atomic mass is 10.2. The largest absolute Gasteiger partial charge is 0.490 e. The standard InChI is InChI=1S/C30H33ClFN3O4/c1-34(24-13-11-23(32)12-14-24)18-16-30(37)35-17-6-2-3-7-19-38-27-8-4-5-9-28(27)39-26-15-10-22(31)20-25(26)33-29(36)21-35/h4-5,8-15,20H,2-3,6-7,16-19,21H2,1H3,(H,33,36). The van der Waals surface area contributed by atoms with Crippen molar-refractivity contribution in [3.8, 4) is 17.2 Å². The van der Waals surface area contributed by atoms with Crippen molar-refractivity contribution in [3.63, 3.8) is 0 Å². The molecule has 3 aromatic rings. The highest BCUT2D eigenvalue weighted by Crippen LogP contribution is 2.36. The third kappa shape index (κ3) is 8.35. The number of amides is 2. The van der Waals surface area contributed by atoms with Gasteiger partial charge in [0.05, 0.1) is 18.8 Å². The van der Waals surface area contributed by atoms with E-state index in [0.29, 0.717) is 47.7 Å². The first kappa shape index (κ1) is 28.2. The van der Waals surface area contributed by atoms with Crippen LogP contribution in [0, 0.1) is 5.82 Å². The SMILES string of the molecule is CN(CCC(=O)N1CCCCCCOc2ccccc2Oc2ccc(Cl)cc2NC(=O)C1)c1ccc(F)cc1. The number of ether oxygens (including phenoxy) is 2. The zero-order valence-corrected chi connectivity index (χ0v) is 22.8. The Balaban J connectivity index is 1.48. The molecule has 0 aliphatic carbocycles. The highest BCUT2D eigenvalue weighted by Gasteiger charge is 2.20. The quantitative estimate of drug-likeness (QED) is 0.398. The molecule has 4 rings (SSSR count). The van der Waals surface area contributed by atoms with E-state index < -0.39 is 0 Å². The van der Waals surface area contributed by atoms with Gasteiger partial charge in [-0.1, -0.05) is 36.6 Å². The Hall–Kier alpha value is -3.78. The predicted octanol–water partition coefficient (Wildman–Crippen LogP) is 6.52. The number of carbonyl (C=O) groups is 2. The van der Waals surface area contributed by atoms with Gasteiger partial charge in [0.15, 0.2) is 17.2 Å². The van der Waals surface area contributed by atoms with Crippen LogP contribution in [0.4, 0.5) is 15.8 Å². The molecule has 0 radical (unpaired) electrons. The third-order valence-electron chi connectivity index (χ3n) is 6.48. The first-order valence-corrected chi connectivity index (χ1v) is 13.5. The van der Waals surface area contributed by atoms with E-state index in [1.807, 2.05) is 36.2 Å². The molecule has 2 amide bonds. The molecular formula is C30H33ClFN3O4. The number of benzene rings is 3. The topological polar surface area (TPSA) is 71.1 Å². The number of nitrogens with zero attached hydrogens (tertiary/aromatic N) is 2. The molecule has 0 saturated carbocycles. The van der Waals surface area contributed by atoms with Gasteiger partial charge in [0, 0.05) is 37.3 Å². The molecule has 1 heterocycles. The number of nitrogens with one attached hydrogen (secondary N) is 1. The zero-order chi connectivity index (χ0) is 27.6. The first-order valence-electron chi connectivity index (χ1n) is 13.1. The van der Waals surface area contributed by atoms with E-state index >= 15 is 0 Å². The van der Waals surface area contributed by atoms with E-state index in [2.05, 4.69) is 5.32 Å². The number of hydrogen-bond donors (Lipinski definition) is 1. The molecule has 1 aliphatic heterocycles. The first-order chi connectivity index (χ1) is 18.9. The summed E-state index contributed by atoms with van der Waals surface area (Å²) in [5.41, 5.74) is 1.21. The highest BCUT2D eigenvalue weighted by atomic mass is 35.5. The monoisotopic (exact) mass is 553 g/mol. The molecular weight excluding hydrogens is 521 g/mol. The highest BCUT2D eigenvalue weighted by molar-refractivity contribution is 6.31. The summed E-state index contributed by atoms with van der Waals surface area (Å²) >= 11 is 6.23. The summed E-state index contributed by atoms with van der Waals surface area (Å²) in [5, 5.41) is 3.30. The third-order valence-corrected chi connectivity index (χ3v) is 6.72.